The molecule has 0 N–H and O–H groups in total. The topological polar surface area (TPSA) is 26.0 Å². The first kappa shape index (κ1) is 7.28. The molecule has 2 nitrogen and oxygen atoms in total. The van der Waals surface area contributed by atoms with E-state index in [9.17, 15) is 4.39 Å². The Bertz CT molecular complexity index is 408. The number of rotatable bonds is 1. The van der Waals surface area contributed by atoms with Crippen LogP contribution in [0.25, 0.3) is 11.1 Å². The van der Waals surface area contributed by atoms with E-state index < -0.39 is 0 Å². The molecule has 62 valence electrons. The van der Waals surface area contributed by atoms with Gasteiger partial charge in [-0.3, -0.25) is 0 Å². The van der Waals surface area contributed by atoms with Crippen LogP contribution in [0.15, 0.2) is 22.6 Å². The molecular weight excluding hydrogens is 157 g/mol. The maximum absolute atomic E-state index is 13.0. The van der Waals surface area contributed by atoms with Crippen LogP contribution in [0.3, 0.4) is 0 Å². The van der Waals surface area contributed by atoms with Gasteiger partial charge in [0.25, 0.3) is 0 Å². The Kier molecular flexibility index (Phi) is 1.57. The third-order valence-electron chi connectivity index (χ3n) is 1.71. The largest absolute Gasteiger partial charge is 0.438 e. The van der Waals surface area contributed by atoms with E-state index in [0.29, 0.717) is 17.8 Å². The summed E-state index contributed by atoms with van der Waals surface area (Å²) in [5.74, 6) is 0.231. The first-order valence-corrected chi connectivity index (χ1v) is 3.85. The van der Waals surface area contributed by atoms with Crippen LogP contribution in [0.2, 0.25) is 0 Å². The lowest BCUT2D eigenvalue weighted by atomic mass is 10.3. The summed E-state index contributed by atoms with van der Waals surface area (Å²) < 4.78 is 18.2. The molecule has 1 aromatic carbocycles. The Hall–Kier alpha value is -1.38. The van der Waals surface area contributed by atoms with Crippen molar-refractivity contribution in [3.63, 3.8) is 0 Å². The molecule has 0 bridgehead atoms. The second-order valence-corrected chi connectivity index (χ2v) is 2.55. The second kappa shape index (κ2) is 2.59. The number of benzene rings is 1. The highest BCUT2D eigenvalue weighted by molar-refractivity contribution is 5.72. The van der Waals surface area contributed by atoms with Crippen LogP contribution in [0, 0.1) is 5.82 Å². The Morgan fingerprint density at radius 1 is 1.50 bits per heavy atom. The Labute approximate surface area is 69.0 Å². The predicted molar refractivity (Wildman–Crippen MR) is 43.3 cm³/mol. The highest BCUT2D eigenvalue weighted by atomic mass is 19.1. The average Bonchev–Trinajstić information content (AvgIpc) is 2.49. The van der Waals surface area contributed by atoms with Gasteiger partial charge in [-0.25, -0.2) is 9.37 Å². The van der Waals surface area contributed by atoms with E-state index in [-0.39, 0.29) is 11.4 Å². The number of aryl methyl sites for hydroxylation is 1. The van der Waals surface area contributed by atoms with E-state index in [1.54, 1.807) is 12.1 Å². The van der Waals surface area contributed by atoms with Gasteiger partial charge in [-0.05, 0) is 12.1 Å². The Morgan fingerprint density at radius 3 is 3.00 bits per heavy atom. The Balaban J connectivity index is 2.74. The zero-order valence-electron chi connectivity index (χ0n) is 6.67. The molecule has 1 aromatic heterocycles. The minimum Gasteiger partial charge on any atom is -0.438 e. The highest BCUT2D eigenvalue weighted by Gasteiger charge is 2.07. The molecule has 0 spiro atoms. The number of para-hydroxylation sites is 1. The van der Waals surface area contributed by atoms with Crippen molar-refractivity contribution in [2.45, 2.75) is 13.3 Å². The first-order chi connectivity index (χ1) is 5.81. The van der Waals surface area contributed by atoms with Crippen molar-refractivity contribution in [1.82, 2.24) is 4.98 Å². The normalized spacial score (nSPS) is 10.8. The van der Waals surface area contributed by atoms with Gasteiger partial charge in [-0.1, -0.05) is 13.0 Å². The Morgan fingerprint density at radius 2 is 2.33 bits per heavy atom. The fourth-order valence-corrected chi connectivity index (χ4v) is 1.11. The van der Waals surface area contributed by atoms with Gasteiger partial charge in [-0.15, -0.1) is 0 Å². The summed E-state index contributed by atoms with van der Waals surface area (Å²) in [7, 11) is 0. The summed E-state index contributed by atoms with van der Waals surface area (Å²) in [6.45, 7) is 1.92. The van der Waals surface area contributed by atoms with Crippen LogP contribution in [0.4, 0.5) is 4.39 Å². The molecule has 0 amide bonds. The van der Waals surface area contributed by atoms with Crippen molar-refractivity contribution in [1.29, 1.82) is 0 Å². The maximum Gasteiger partial charge on any atom is 0.195 e. The van der Waals surface area contributed by atoms with Gasteiger partial charge in [0.15, 0.2) is 17.3 Å². The quantitative estimate of drug-likeness (QED) is 0.649. The number of aromatic nitrogens is 1. The molecule has 0 fully saturated rings. The molecule has 0 saturated heterocycles. The number of halogens is 1. The molecule has 0 aliphatic carbocycles. The van der Waals surface area contributed by atoms with Crippen molar-refractivity contribution in [3.05, 3.63) is 29.9 Å². The van der Waals surface area contributed by atoms with Gasteiger partial charge in [0.05, 0.1) is 0 Å². The smallest absolute Gasteiger partial charge is 0.195 e. The molecule has 1 heterocycles. The van der Waals surface area contributed by atoms with E-state index in [1.165, 1.54) is 6.07 Å². The number of nitrogens with zero attached hydrogens (tertiary/aromatic N) is 1. The number of oxazole rings is 1. The fourth-order valence-electron chi connectivity index (χ4n) is 1.11. The lowest BCUT2D eigenvalue weighted by molar-refractivity contribution is 0.512. The SMILES string of the molecule is CCc1nc2cccc(F)c2o1. The zero-order valence-corrected chi connectivity index (χ0v) is 6.67. The molecule has 0 aliphatic heterocycles. The average molecular weight is 165 g/mol. The van der Waals surface area contributed by atoms with Gasteiger partial charge in [0.2, 0.25) is 0 Å². The zero-order chi connectivity index (χ0) is 8.55. The molecule has 0 radical (unpaired) electrons. The summed E-state index contributed by atoms with van der Waals surface area (Å²) in [4.78, 5) is 4.09. The summed E-state index contributed by atoms with van der Waals surface area (Å²) in [6, 6.07) is 4.73. The summed E-state index contributed by atoms with van der Waals surface area (Å²) in [5, 5.41) is 0. The van der Waals surface area contributed by atoms with E-state index >= 15 is 0 Å². The molecule has 0 atom stereocenters. The molecule has 0 unspecified atom stereocenters. The predicted octanol–water partition coefficient (Wildman–Crippen LogP) is 2.53. The molecule has 2 aromatic rings. The third kappa shape index (κ3) is 0.978. The standard InChI is InChI=1S/C9H8FNO/c1-2-8-11-7-5-3-4-6(10)9(7)12-8/h3-5H,2H2,1H3. The van der Waals surface area contributed by atoms with Crippen molar-refractivity contribution >= 4 is 11.1 Å². The van der Waals surface area contributed by atoms with Gasteiger partial charge >= 0.3 is 0 Å². The van der Waals surface area contributed by atoms with Crippen molar-refractivity contribution in [3.8, 4) is 0 Å². The number of fused-ring (bicyclic) bond motifs is 1. The van der Waals surface area contributed by atoms with Crippen LogP contribution >= 0.6 is 0 Å². The fraction of sp³-hybridized carbons (Fsp3) is 0.222. The lowest BCUT2D eigenvalue weighted by Crippen LogP contribution is -1.75. The molecule has 0 aliphatic rings. The number of hydrogen-bond acceptors (Lipinski definition) is 2. The van der Waals surface area contributed by atoms with E-state index in [1.807, 2.05) is 6.92 Å². The van der Waals surface area contributed by atoms with E-state index in [0.717, 1.165) is 0 Å². The van der Waals surface area contributed by atoms with Gasteiger partial charge in [0.1, 0.15) is 5.52 Å². The van der Waals surface area contributed by atoms with Gasteiger partial charge in [-0.2, -0.15) is 0 Å². The molecule has 2 rings (SSSR count). The number of hydrogen-bond donors (Lipinski definition) is 0. The van der Waals surface area contributed by atoms with Crippen LogP contribution < -0.4 is 0 Å². The third-order valence-corrected chi connectivity index (χ3v) is 1.71. The van der Waals surface area contributed by atoms with Gasteiger partial charge in [0, 0.05) is 6.42 Å². The van der Waals surface area contributed by atoms with Crippen molar-refractivity contribution in [2.24, 2.45) is 0 Å². The molecular formula is C9H8FNO. The summed E-state index contributed by atoms with van der Waals surface area (Å²) in [6.07, 6.45) is 0.689. The highest BCUT2D eigenvalue weighted by Crippen LogP contribution is 2.18. The molecule has 3 heteroatoms. The van der Waals surface area contributed by atoms with Gasteiger partial charge < -0.3 is 4.42 Å². The van der Waals surface area contributed by atoms with E-state index in [2.05, 4.69) is 4.98 Å². The lowest BCUT2D eigenvalue weighted by Gasteiger charge is -1.85. The van der Waals surface area contributed by atoms with Crippen LogP contribution in [0.5, 0.6) is 0 Å². The summed E-state index contributed by atoms with van der Waals surface area (Å²) >= 11 is 0. The van der Waals surface area contributed by atoms with Crippen LogP contribution in [0.1, 0.15) is 12.8 Å². The minimum absolute atomic E-state index is 0.259. The van der Waals surface area contributed by atoms with E-state index in [4.69, 9.17) is 4.42 Å². The monoisotopic (exact) mass is 165 g/mol. The summed E-state index contributed by atoms with van der Waals surface area (Å²) in [5.41, 5.74) is 0.848. The minimum atomic E-state index is -0.347. The first-order valence-electron chi connectivity index (χ1n) is 3.85. The maximum atomic E-state index is 13.0. The van der Waals surface area contributed by atoms with Crippen LogP contribution in [-0.2, 0) is 6.42 Å². The second-order valence-electron chi connectivity index (χ2n) is 2.55. The van der Waals surface area contributed by atoms with Crippen molar-refractivity contribution < 1.29 is 8.81 Å². The molecule has 12 heavy (non-hydrogen) atoms. The van der Waals surface area contributed by atoms with Crippen molar-refractivity contribution in [2.75, 3.05) is 0 Å². The molecule has 0 saturated carbocycles. The van der Waals surface area contributed by atoms with Crippen LogP contribution in [-0.4, -0.2) is 4.98 Å².